The molecule has 5 nitrogen and oxygen atoms in total. The van der Waals surface area contributed by atoms with E-state index >= 15 is 0 Å². The summed E-state index contributed by atoms with van der Waals surface area (Å²) in [7, 11) is 1.60. The van der Waals surface area contributed by atoms with Crippen molar-refractivity contribution in [2.75, 3.05) is 7.11 Å². The van der Waals surface area contributed by atoms with Crippen LogP contribution in [0.4, 0.5) is 0 Å². The largest absolute Gasteiger partial charge is 0.368 e. The molecule has 3 rings (SSSR count). The maximum Gasteiger partial charge on any atom is 0.186 e. The highest BCUT2D eigenvalue weighted by Gasteiger charge is 2.55. The lowest BCUT2D eigenvalue weighted by Crippen LogP contribution is -2.56. The molecular weight excluding hydrogens is 376 g/mol. The van der Waals surface area contributed by atoms with Gasteiger partial charge in [0.2, 0.25) is 0 Å². The Morgan fingerprint density at radius 2 is 1.96 bits per heavy atom. The molecule has 2 saturated heterocycles. The fourth-order valence-corrected chi connectivity index (χ4v) is 3.55. The molecule has 0 saturated carbocycles. The van der Waals surface area contributed by atoms with Crippen molar-refractivity contribution in [1.29, 1.82) is 0 Å². The molecular formula is C18H23BrO5. The average Bonchev–Trinajstić information content (AvgIpc) is 2.88. The Labute approximate surface area is 151 Å². The van der Waals surface area contributed by atoms with Gasteiger partial charge in [-0.15, -0.1) is 6.58 Å². The van der Waals surface area contributed by atoms with Crippen LogP contribution in [-0.2, 0) is 30.3 Å². The van der Waals surface area contributed by atoms with Crippen LogP contribution in [0.2, 0.25) is 0 Å². The molecule has 1 aromatic carbocycles. The number of benzene rings is 1. The Morgan fingerprint density at radius 3 is 2.62 bits per heavy atom. The van der Waals surface area contributed by atoms with Crippen molar-refractivity contribution in [3.05, 3.63) is 47.0 Å². The van der Waals surface area contributed by atoms with Gasteiger partial charge in [-0.2, -0.15) is 0 Å². The third kappa shape index (κ3) is 3.59. The van der Waals surface area contributed by atoms with Crippen LogP contribution >= 0.6 is 15.9 Å². The van der Waals surface area contributed by atoms with E-state index in [1.54, 1.807) is 13.2 Å². The van der Waals surface area contributed by atoms with Gasteiger partial charge < -0.3 is 23.7 Å². The highest BCUT2D eigenvalue weighted by atomic mass is 79.9. The van der Waals surface area contributed by atoms with Crippen LogP contribution in [0.5, 0.6) is 0 Å². The van der Waals surface area contributed by atoms with Crippen LogP contribution in [0.3, 0.4) is 0 Å². The Bertz CT molecular complexity index is 591. The van der Waals surface area contributed by atoms with E-state index in [-0.39, 0.29) is 24.4 Å². The zero-order valence-electron chi connectivity index (χ0n) is 14.1. The summed E-state index contributed by atoms with van der Waals surface area (Å²) in [5.74, 6) is -0.708. The minimum absolute atomic E-state index is 0.288. The normalized spacial score (nSPS) is 34.8. The van der Waals surface area contributed by atoms with Gasteiger partial charge in [-0.1, -0.05) is 40.2 Å². The van der Waals surface area contributed by atoms with Crippen molar-refractivity contribution in [1.82, 2.24) is 0 Å². The predicted octanol–water partition coefficient (Wildman–Crippen LogP) is 3.41. The molecule has 5 atom stereocenters. The summed E-state index contributed by atoms with van der Waals surface area (Å²) in [6, 6.07) is 7.96. The van der Waals surface area contributed by atoms with E-state index in [0.717, 1.165) is 10.0 Å². The summed E-state index contributed by atoms with van der Waals surface area (Å²) < 4.78 is 30.6. The lowest BCUT2D eigenvalue weighted by atomic mass is 9.98. The third-order valence-corrected chi connectivity index (χ3v) is 5.00. The zero-order chi connectivity index (χ0) is 17.3. The second-order valence-corrected chi connectivity index (χ2v) is 7.23. The molecule has 2 aliphatic rings. The minimum Gasteiger partial charge on any atom is -0.368 e. The molecule has 0 aliphatic carbocycles. The fourth-order valence-electron chi connectivity index (χ4n) is 3.15. The number of hydrogen-bond donors (Lipinski definition) is 0. The molecule has 24 heavy (non-hydrogen) atoms. The average molecular weight is 399 g/mol. The Hall–Kier alpha value is -0.760. The van der Waals surface area contributed by atoms with Gasteiger partial charge >= 0.3 is 0 Å². The molecule has 6 heteroatoms. The molecule has 0 amide bonds. The standard InChI is InChI=1S/C18H23BrO5/c1-5-13-14(21-10-11-8-6-7-9-12(11)19)15-16(17(20-4)22-13)24-18(2,3)23-15/h5-9,13-17H,1,10H2,2-4H3/t13-,14-,15+,16+,17+/m1/s1. The Morgan fingerprint density at radius 1 is 1.25 bits per heavy atom. The maximum absolute atomic E-state index is 6.17. The second-order valence-electron chi connectivity index (χ2n) is 6.37. The summed E-state index contributed by atoms with van der Waals surface area (Å²) >= 11 is 3.54. The molecule has 0 bridgehead atoms. The van der Waals surface area contributed by atoms with Gasteiger partial charge in [0.15, 0.2) is 12.1 Å². The van der Waals surface area contributed by atoms with Crippen LogP contribution < -0.4 is 0 Å². The molecule has 0 unspecified atom stereocenters. The maximum atomic E-state index is 6.17. The first kappa shape index (κ1) is 18.0. The summed E-state index contributed by atoms with van der Waals surface area (Å²) in [4.78, 5) is 0. The number of halogens is 1. The van der Waals surface area contributed by atoms with Gasteiger partial charge in [-0.05, 0) is 25.5 Å². The van der Waals surface area contributed by atoms with E-state index in [1.807, 2.05) is 38.1 Å². The van der Waals surface area contributed by atoms with Crippen molar-refractivity contribution in [2.45, 2.75) is 56.9 Å². The van der Waals surface area contributed by atoms with Crippen molar-refractivity contribution in [2.24, 2.45) is 0 Å². The predicted molar refractivity (Wildman–Crippen MR) is 92.4 cm³/mol. The van der Waals surface area contributed by atoms with Crippen LogP contribution in [0, 0.1) is 0 Å². The number of methoxy groups -OCH3 is 1. The van der Waals surface area contributed by atoms with Gasteiger partial charge in [-0.3, -0.25) is 0 Å². The van der Waals surface area contributed by atoms with Crippen molar-refractivity contribution in [3.8, 4) is 0 Å². The number of rotatable bonds is 5. The highest BCUT2D eigenvalue weighted by molar-refractivity contribution is 9.10. The van der Waals surface area contributed by atoms with E-state index in [2.05, 4.69) is 22.5 Å². The van der Waals surface area contributed by atoms with Gasteiger partial charge in [0.1, 0.15) is 24.4 Å². The Balaban J connectivity index is 1.79. The first-order valence-corrected chi connectivity index (χ1v) is 8.76. The first-order chi connectivity index (χ1) is 11.4. The lowest BCUT2D eigenvalue weighted by Gasteiger charge is -2.40. The number of hydrogen-bond acceptors (Lipinski definition) is 5. The van der Waals surface area contributed by atoms with E-state index in [1.165, 1.54) is 0 Å². The van der Waals surface area contributed by atoms with E-state index < -0.39 is 12.1 Å². The second kappa shape index (κ2) is 7.23. The first-order valence-electron chi connectivity index (χ1n) is 7.96. The zero-order valence-corrected chi connectivity index (χ0v) is 15.7. The lowest BCUT2D eigenvalue weighted by molar-refractivity contribution is -0.264. The van der Waals surface area contributed by atoms with E-state index in [0.29, 0.717) is 6.61 Å². The Kier molecular flexibility index (Phi) is 5.44. The summed E-state index contributed by atoms with van der Waals surface area (Å²) in [6.45, 7) is 8.06. The summed E-state index contributed by atoms with van der Waals surface area (Å²) in [5.41, 5.74) is 1.06. The monoisotopic (exact) mass is 398 g/mol. The van der Waals surface area contributed by atoms with Crippen LogP contribution in [0.15, 0.2) is 41.4 Å². The highest BCUT2D eigenvalue weighted by Crippen LogP contribution is 2.39. The van der Waals surface area contributed by atoms with Crippen molar-refractivity contribution < 1.29 is 23.7 Å². The molecule has 0 radical (unpaired) electrons. The molecule has 2 aliphatic heterocycles. The van der Waals surface area contributed by atoms with E-state index in [9.17, 15) is 0 Å². The van der Waals surface area contributed by atoms with Crippen LogP contribution in [0.25, 0.3) is 0 Å². The smallest absolute Gasteiger partial charge is 0.186 e. The quantitative estimate of drug-likeness (QED) is 0.711. The molecule has 0 spiro atoms. The molecule has 2 fully saturated rings. The third-order valence-electron chi connectivity index (χ3n) is 4.22. The molecule has 1 aromatic rings. The fraction of sp³-hybridized carbons (Fsp3) is 0.556. The minimum atomic E-state index is -0.708. The summed E-state index contributed by atoms with van der Waals surface area (Å²) in [5, 5.41) is 0. The number of fused-ring (bicyclic) bond motifs is 1. The van der Waals surface area contributed by atoms with Crippen molar-refractivity contribution >= 4 is 15.9 Å². The van der Waals surface area contributed by atoms with Crippen LogP contribution in [-0.4, -0.2) is 43.6 Å². The van der Waals surface area contributed by atoms with E-state index in [4.69, 9.17) is 23.7 Å². The summed E-state index contributed by atoms with van der Waals surface area (Å²) in [6.07, 6.45) is -0.0802. The number of ether oxygens (including phenoxy) is 5. The molecule has 0 aromatic heterocycles. The molecule has 0 N–H and O–H groups in total. The van der Waals surface area contributed by atoms with Gasteiger partial charge in [0.25, 0.3) is 0 Å². The topological polar surface area (TPSA) is 46.2 Å². The van der Waals surface area contributed by atoms with Gasteiger partial charge in [0, 0.05) is 11.6 Å². The van der Waals surface area contributed by atoms with Gasteiger partial charge in [0.05, 0.1) is 6.61 Å². The molecule has 132 valence electrons. The van der Waals surface area contributed by atoms with Gasteiger partial charge in [-0.25, -0.2) is 0 Å². The van der Waals surface area contributed by atoms with Crippen molar-refractivity contribution in [3.63, 3.8) is 0 Å². The van der Waals surface area contributed by atoms with Crippen LogP contribution in [0.1, 0.15) is 19.4 Å². The molecule has 2 heterocycles. The SMILES string of the molecule is C=C[C@H]1O[C@H](OC)[C@H]2OC(C)(C)O[C@H]2[C@@H]1OCc1ccccc1Br.